The lowest BCUT2D eigenvalue weighted by molar-refractivity contribution is -0.137. The number of nitrogens with zero attached hydrogens (tertiary/aromatic N) is 3. The number of benzene rings is 1. The summed E-state index contributed by atoms with van der Waals surface area (Å²) in [7, 11) is 0. The van der Waals surface area contributed by atoms with E-state index in [0.29, 0.717) is 24.1 Å². The average molecular weight is 295 g/mol. The van der Waals surface area contributed by atoms with Crippen LogP contribution in [0, 0.1) is 0 Å². The number of halogens is 3. The molecule has 7 heteroatoms. The van der Waals surface area contributed by atoms with Crippen molar-refractivity contribution in [3.63, 3.8) is 0 Å². The van der Waals surface area contributed by atoms with Gasteiger partial charge >= 0.3 is 6.18 Å². The van der Waals surface area contributed by atoms with Gasteiger partial charge in [-0.3, -0.25) is 4.79 Å². The molecule has 21 heavy (non-hydrogen) atoms. The maximum Gasteiger partial charge on any atom is 0.416 e. The van der Waals surface area contributed by atoms with Crippen molar-refractivity contribution < 1.29 is 18.0 Å². The highest BCUT2D eigenvalue weighted by atomic mass is 19.4. The lowest BCUT2D eigenvalue weighted by Gasteiger charge is -2.09. The molecule has 0 radical (unpaired) electrons. The van der Waals surface area contributed by atoms with E-state index in [-0.39, 0.29) is 5.69 Å². The number of alkyl halides is 3. The van der Waals surface area contributed by atoms with Crippen molar-refractivity contribution in [2.75, 3.05) is 0 Å². The molecule has 0 unspecified atom stereocenters. The van der Waals surface area contributed by atoms with Crippen LogP contribution >= 0.6 is 0 Å². The fraction of sp³-hybridized carbons (Fsp3) is 0.214. The number of carbonyl (C=O) groups excluding carboxylic acids is 1. The molecule has 110 valence electrons. The van der Waals surface area contributed by atoms with Crippen LogP contribution in [0.3, 0.4) is 0 Å². The van der Waals surface area contributed by atoms with Gasteiger partial charge in [0.2, 0.25) is 0 Å². The minimum Gasteiger partial charge on any atom is -0.296 e. The van der Waals surface area contributed by atoms with Gasteiger partial charge in [0.25, 0.3) is 0 Å². The molecule has 0 bridgehead atoms. The van der Waals surface area contributed by atoms with Gasteiger partial charge in [-0.15, -0.1) is 5.10 Å². The molecule has 0 saturated carbocycles. The molecule has 0 N–H and O–H groups in total. The zero-order valence-electron chi connectivity index (χ0n) is 11.2. The highest BCUT2D eigenvalue weighted by Crippen LogP contribution is 2.31. The van der Waals surface area contributed by atoms with Gasteiger partial charge in [-0.25, -0.2) is 4.68 Å². The number of aldehydes is 1. The summed E-state index contributed by atoms with van der Waals surface area (Å²) in [6.45, 7) is 5.85. The van der Waals surface area contributed by atoms with Gasteiger partial charge in [0.15, 0.2) is 12.0 Å². The standard InChI is InChI=1S/C14H12F3N3O/c1-9(2)7-20-13(12(8-21)18-19-20)10-3-5-11(6-4-10)14(15,16)17/h3-6,8H,1,7H2,2H3. The first-order valence-electron chi connectivity index (χ1n) is 6.03. The Morgan fingerprint density at radius 3 is 2.43 bits per heavy atom. The van der Waals surface area contributed by atoms with Crippen LogP contribution in [-0.2, 0) is 12.7 Å². The fourth-order valence-electron chi connectivity index (χ4n) is 1.89. The molecule has 2 rings (SSSR count). The lowest BCUT2D eigenvalue weighted by Crippen LogP contribution is -2.06. The molecule has 1 heterocycles. The predicted molar refractivity (Wildman–Crippen MR) is 70.7 cm³/mol. The second-order valence-electron chi connectivity index (χ2n) is 4.63. The average Bonchev–Trinajstić information content (AvgIpc) is 2.80. The summed E-state index contributed by atoms with van der Waals surface area (Å²) in [5, 5.41) is 7.54. The topological polar surface area (TPSA) is 47.8 Å². The van der Waals surface area contributed by atoms with E-state index in [4.69, 9.17) is 0 Å². The van der Waals surface area contributed by atoms with Gasteiger partial charge in [-0.1, -0.05) is 29.5 Å². The van der Waals surface area contributed by atoms with Crippen molar-refractivity contribution in [1.29, 1.82) is 0 Å². The summed E-state index contributed by atoms with van der Waals surface area (Å²) in [6, 6.07) is 4.51. The van der Waals surface area contributed by atoms with E-state index in [1.165, 1.54) is 16.8 Å². The SMILES string of the molecule is C=C(C)Cn1nnc(C=O)c1-c1ccc(C(F)(F)F)cc1. The molecule has 1 aromatic heterocycles. The molecule has 0 aliphatic heterocycles. The zero-order chi connectivity index (χ0) is 15.6. The van der Waals surface area contributed by atoms with Crippen molar-refractivity contribution in [2.45, 2.75) is 19.6 Å². The monoisotopic (exact) mass is 295 g/mol. The summed E-state index contributed by atoms with van der Waals surface area (Å²) >= 11 is 0. The molecular weight excluding hydrogens is 283 g/mol. The van der Waals surface area contributed by atoms with Crippen molar-refractivity contribution in [2.24, 2.45) is 0 Å². The largest absolute Gasteiger partial charge is 0.416 e. The summed E-state index contributed by atoms with van der Waals surface area (Å²) < 4.78 is 39.1. The lowest BCUT2D eigenvalue weighted by atomic mass is 10.1. The smallest absolute Gasteiger partial charge is 0.296 e. The first-order valence-corrected chi connectivity index (χ1v) is 6.03. The molecule has 1 aromatic carbocycles. The fourth-order valence-corrected chi connectivity index (χ4v) is 1.89. The van der Waals surface area contributed by atoms with E-state index in [1.807, 2.05) is 0 Å². The Bertz CT molecular complexity index is 672. The van der Waals surface area contributed by atoms with Gasteiger partial charge in [0.1, 0.15) is 0 Å². The Kier molecular flexibility index (Phi) is 3.93. The van der Waals surface area contributed by atoms with E-state index < -0.39 is 11.7 Å². The van der Waals surface area contributed by atoms with Gasteiger partial charge < -0.3 is 0 Å². The Morgan fingerprint density at radius 1 is 1.33 bits per heavy atom. The second kappa shape index (κ2) is 5.51. The third kappa shape index (κ3) is 3.18. The first kappa shape index (κ1) is 15.0. The van der Waals surface area contributed by atoms with Gasteiger partial charge in [0.05, 0.1) is 17.8 Å². The van der Waals surface area contributed by atoms with Crippen LogP contribution in [0.25, 0.3) is 11.3 Å². The quantitative estimate of drug-likeness (QED) is 0.642. The van der Waals surface area contributed by atoms with E-state index in [0.717, 1.165) is 17.7 Å². The first-order chi connectivity index (χ1) is 9.82. The van der Waals surface area contributed by atoms with Crippen LogP contribution in [-0.4, -0.2) is 21.3 Å². The molecule has 0 aliphatic carbocycles. The van der Waals surface area contributed by atoms with Gasteiger partial charge in [-0.05, 0) is 19.1 Å². The molecule has 0 amide bonds. The van der Waals surface area contributed by atoms with Crippen molar-refractivity contribution in [3.05, 3.63) is 47.7 Å². The van der Waals surface area contributed by atoms with Crippen molar-refractivity contribution in [1.82, 2.24) is 15.0 Å². The third-order valence-corrected chi connectivity index (χ3v) is 2.78. The van der Waals surface area contributed by atoms with Crippen LogP contribution in [0.4, 0.5) is 13.2 Å². The molecule has 0 spiro atoms. The molecule has 0 saturated heterocycles. The van der Waals surface area contributed by atoms with E-state index in [1.54, 1.807) is 6.92 Å². The highest BCUT2D eigenvalue weighted by molar-refractivity contribution is 5.83. The minimum atomic E-state index is -4.40. The van der Waals surface area contributed by atoms with Crippen LogP contribution in [0.15, 0.2) is 36.4 Å². The normalized spacial score (nSPS) is 11.4. The summed E-state index contributed by atoms with van der Waals surface area (Å²) in [5.41, 5.74) is 0.928. The number of hydrogen-bond acceptors (Lipinski definition) is 3. The zero-order valence-corrected chi connectivity index (χ0v) is 11.2. The number of hydrogen-bond donors (Lipinski definition) is 0. The summed E-state index contributed by atoms with van der Waals surface area (Å²) in [5.74, 6) is 0. The Hall–Kier alpha value is -2.44. The maximum absolute atomic E-state index is 12.6. The van der Waals surface area contributed by atoms with Gasteiger partial charge in [-0.2, -0.15) is 13.2 Å². The van der Waals surface area contributed by atoms with E-state index in [2.05, 4.69) is 16.9 Å². The Balaban J connectivity index is 2.48. The van der Waals surface area contributed by atoms with Crippen LogP contribution in [0.1, 0.15) is 23.0 Å². The van der Waals surface area contributed by atoms with Crippen molar-refractivity contribution in [3.8, 4) is 11.3 Å². The maximum atomic E-state index is 12.6. The van der Waals surface area contributed by atoms with Crippen LogP contribution < -0.4 is 0 Å². The predicted octanol–water partition coefficient (Wildman–Crippen LogP) is 3.35. The highest BCUT2D eigenvalue weighted by Gasteiger charge is 2.30. The molecule has 0 fully saturated rings. The minimum absolute atomic E-state index is 0.0796. The summed E-state index contributed by atoms with van der Waals surface area (Å²) in [4.78, 5) is 11.0. The Labute approximate surface area is 118 Å². The number of aromatic nitrogens is 3. The Morgan fingerprint density at radius 2 is 1.95 bits per heavy atom. The van der Waals surface area contributed by atoms with Gasteiger partial charge in [0, 0.05) is 5.56 Å². The number of rotatable bonds is 4. The van der Waals surface area contributed by atoms with Crippen LogP contribution in [0.2, 0.25) is 0 Å². The van der Waals surface area contributed by atoms with E-state index in [9.17, 15) is 18.0 Å². The number of allylic oxidation sites excluding steroid dienone is 1. The number of carbonyl (C=O) groups is 1. The molecule has 2 aromatic rings. The third-order valence-electron chi connectivity index (χ3n) is 2.78. The molecule has 0 aliphatic rings. The van der Waals surface area contributed by atoms with E-state index >= 15 is 0 Å². The molecule has 4 nitrogen and oxygen atoms in total. The van der Waals surface area contributed by atoms with Crippen LogP contribution in [0.5, 0.6) is 0 Å². The summed E-state index contributed by atoms with van der Waals surface area (Å²) in [6.07, 6.45) is -3.88. The second-order valence-corrected chi connectivity index (χ2v) is 4.63. The molecule has 0 atom stereocenters. The van der Waals surface area contributed by atoms with Crippen molar-refractivity contribution >= 4 is 6.29 Å². The molecular formula is C14H12F3N3O.